The van der Waals surface area contributed by atoms with Gasteiger partial charge in [0.1, 0.15) is 10.8 Å². The van der Waals surface area contributed by atoms with E-state index in [-0.39, 0.29) is 17.1 Å². The average molecular weight is 306 g/mol. The summed E-state index contributed by atoms with van der Waals surface area (Å²) in [5.41, 5.74) is 6.78. The van der Waals surface area contributed by atoms with E-state index in [1.807, 2.05) is 14.1 Å². The highest BCUT2D eigenvalue weighted by atomic mass is 32.1. The van der Waals surface area contributed by atoms with Crippen LogP contribution in [0.2, 0.25) is 0 Å². The molecule has 0 unspecified atom stereocenters. The van der Waals surface area contributed by atoms with Gasteiger partial charge in [-0.2, -0.15) is 5.10 Å². The van der Waals surface area contributed by atoms with Crippen molar-refractivity contribution >= 4 is 22.9 Å². The number of benzene rings is 1. The summed E-state index contributed by atoms with van der Waals surface area (Å²) >= 11 is 4.87. The molecule has 0 fully saturated rings. The van der Waals surface area contributed by atoms with Gasteiger partial charge in [0.2, 0.25) is 0 Å². The number of anilines is 1. The molecule has 0 saturated carbocycles. The number of hydrogen-bond donors (Lipinski definition) is 1. The van der Waals surface area contributed by atoms with Gasteiger partial charge in [-0.3, -0.25) is 4.79 Å². The minimum atomic E-state index is -0.430. The van der Waals surface area contributed by atoms with Crippen LogP contribution in [0.3, 0.4) is 0 Å². The summed E-state index contributed by atoms with van der Waals surface area (Å²) in [5.74, 6) is -0.430. The summed E-state index contributed by atoms with van der Waals surface area (Å²) in [7, 11) is 3.62. The third kappa shape index (κ3) is 3.43. The van der Waals surface area contributed by atoms with E-state index in [0.717, 1.165) is 0 Å². The van der Waals surface area contributed by atoms with Crippen LogP contribution in [0.5, 0.6) is 0 Å². The Labute approximate surface area is 126 Å². The lowest BCUT2D eigenvalue weighted by molar-refractivity contribution is 0.572. The summed E-state index contributed by atoms with van der Waals surface area (Å²) in [6, 6.07) is 5.77. The molecule has 2 rings (SSSR count). The first-order valence-electron chi connectivity index (χ1n) is 6.21. The lowest BCUT2D eigenvalue weighted by Gasteiger charge is -2.13. The molecule has 1 aromatic carbocycles. The van der Waals surface area contributed by atoms with Crippen molar-refractivity contribution in [2.45, 2.75) is 6.54 Å². The highest BCUT2D eigenvalue weighted by Crippen LogP contribution is 2.12. The Morgan fingerprint density at radius 2 is 2.14 bits per heavy atom. The van der Waals surface area contributed by atoms with E-state index in [1.165, 1.54) is 28.9 Å². The number of hydrogen-bond acceptors (Lipinski definition) is 4. The molecule has 0 spiro atoms. The molecule has 5 nitrogen and oxygen atoms in total. The van der Waals surface area contributed by atoms with Gasteiger partial charge in [-0.25, -0.2) is 9.07 Å². The van der Waals surface area contributed by atoms with Crippen LogP contribution in [0.25, 0.3) is 0 Å². The van der Waals surface area contributed by atoms with Gasteiger partial charge < -0.3 is 10.6 Å². The van der Waals surface area contributed by atoms with Crippen LogP contribution in [-0.2, 0) is 6.54 Å². The normalized spacial score (nSPS) is 10.4. The van der Waals surface area contributed by atoms with Gasteiger partial charge >= 0.3 is 0 Å². The van der Waals surface area contributed by atoms with Crippen molar-refractivity contribution in [1.29, 1.82) is 0 Å². The Morgan fingerprint density at radius 1 is 1.43 bits per heavy atom. The highest BCUT2D eigenvalue weighted by Gasteiger charge is 2.08. The van der Waals surface area contributed by atoms with Crippen molar-refractivity contribution in [3.63, 3.8) is 0 Å². The zero-order valence-electron chi connectivity index (χ0n) is 11.7. The molecule has 0 saturated heterocycles. The van der Waals surface area contributed by atoms with Crippen molar-refractivity contribution in [2.24, 2.45) is 5.73 Å². The standard InChI is InChI=1S/C14H15FN4OS/c1-18(2)11-6-13(20)19(17-7-11)8-10-5-9(14(16)21)3-4-12(10)15/h3-7H,8H2,1-2H3,(H2,16,21). The Balaban J connectivity index is 2.36. The summed E-state index contributed by atoms with van der Waals surface area (Å²) in [6.45, 7) is 0.0226. The zero-order chi connectivity index (χ0) is 15.6. The van der Waals surface area contributed by atoms with E-state index in [1.54, 1.807) is 11.1 Å². The molecule has 0 atom stereocenters. The smallest absolute Gasteiger partial charge is 0.269 e. The van der Waals surface area contributed by atoms with E-state index in [0.29, 0.717) is 16.8 Å². The van der Waals surface area contributed by atoms with Gasteiger partial charge in [0.15, 0.2) is 0 Å². The second kappa shape index (κ2) is 6.01. The Kier molecular flexibility index (Phi) is 4.32. The average Bonchev–Trinajstić information content (AvgIpc) is 2.42. The molecule has 21 heavy (non-hydrogen) atoms. The lowest BCUT2D eigenvalue weighted by atomic mass is 10.1. The van der Waals surface area contributed by atoms with E-state index < -0.39 is 5.82 Å². The highest BCUT2D eigenvalue weighted by molar-refractivity contribution is 7.80. The topological polar surface area (TPSA) is 64.2 Å². The summed E-state index contributed by atoms with van der Waals surface area (Å²) in [4.78, 5) is 13.9. The predicted octanol–water partition coefficient (Wildman–Crippen LogP) is 1.13. The maximum Gasteiger partial charge on any atom is 0.269 e. The lowest BCUT2D eigenvalue weighted by Crippen LogP contribution is -2.25. The van der Waals surface area contributed by atoms with Gasteiger partial charge in [0, 0.05) is 31.3 Å². The third-order valence-electron chi connectivity index (χ3n) is 3.02. The molecule has 110 valence electrons. The van der Waals surface area contributed by atoms with Crippen molar-refractivity contribution < 1.29 is 4.39 Å². The van der Waals surface area contributed by atoms with E-state index >= 15 is 0 Å². The molecular formula is C14H15FN4OS. The van der Waals surface area contributed by atoms with Crippen molar-refractivity contribution in [2.75, 3.05) is 19.0 Å². The minimum absolute atomic E-state index is 0.0226. The van der Waals surface area contributed by atoms with Gasteiger partial charge in [-0.15, -0.1) is 0 Å². The number of halogens is 1. The number of thiocarbonyl (C=S) groups is 1. The van der Waals surface area contributed by atoms with Crippen LogP contribution in [0.1, 0.15) is 11.1 Å². The van der Waals surface area contributed by atoms with Crippen molar-refractivity contribution in [3.05, 3.63) is 57.8 Å². The largest absolute Gasteiger partial charge is 0.389 e. The van der Waals surface area contributed by atoms with Crippen molar-refractivity contribution in [1.82, 2.24) is 9.78 Å². The zero-order valence-corrected chi connectivity index (χ0v) is 12.5. The van der Waals surface area contributed by atoms with Gasteiger partial charge in [0.05, 0.1) is 18.4 Å². The van der Waals surface area contributed by atoms with Crippen LogP contribution >= 0.6 is 12.2 Å². The molecule has 7 heteroatoms. The van der Waals surface area contributed by atoms with Crippen LogP contribution in [-0.4, -0.2) is 28.9 Å². The van der Waals surface area contributed by atoms with Crippen LogP contribution in [0.4, 0.5) is 10.1 Å². The fourth-order valence-corrected chi connectivity index (χ4v) is 1.92. The Hall–Kier alpha value is -2.28. The third-order valence-corrected chi connectivity index (χ3v) is 3.26. The van der Waals surface area contributed by atoms with E-state index in [2.05, 4.69) is 5.10 Å². The molecule has 0 bridgehead atoms. The minimum Gasteiger partial charge on any atom is -0.389 e. The first-order valence-corrected chi connectivity index (χ1v) is 6.62. The molecular weight excluding hydrogens is 291 g/mol. The molecule has 0 aliphatic heterocycles. The monoisotopic (exact) mass is 306 g/mol. The predicted molar refractivity (Wildman–Crippen MR) is 84.2 cm³/mol. The van der Waals surface area contributed by atoms with Crippen molar-refractivity contribution in [3.8, 4) is 0 Å². The maximum absolute atomic E-state index is 13.8. The summed E-state index contributed by atoms with van der Waals surface area (Å²) in [5, 5.41) is 4.04. The quantitative estimate of drug-likeness (QED) is 0.858. The fraction of sp³-hybridized carbons (Fsp3) is 0.214. The van der Waals surface area contributed by atoms with Crippen LogP contribution < -0.4 is 16.2 Å². The first-order chi connectivity index (χ1) is 9.88. The second-order valence-electron chi connectivity index (χ2n) is 4.77. The molecule has 0 amide bonds. The van der Waals surface area contributed by atoms with Gasteiger partial charge in [0.25, 0.3) is 5.56 Å². The van der Waals surface area contributed by atoms with Gasteiger partial charge in [-0.1, -0.05) is 12.2 Å². The molecule has 0 aliphatic carbocycles. The number of nitrogens with two attached hydrogens (primary N) is 1. The SMILES string of the molecule is CN(C)c1cnn(Cc2cc(C(N)=S)ccc2F)c(=O)c1. The first kappa shape index (κ1) is 15.1. The molecule has 0 aliphatic rings. The molecule has 1 heterocycles. The molecule has 2 N–H and O–H groups in total. The van der Waals surface area contributed by atoms with Crippen LogP contribution in [0, 0.1) is 5.82 Å². The number of rotatable bonds is 4. The van der Waals surface area contributed by atoms with E-state index in [4.69, 9.17) is 18.0 Å². The van der Waals surface area contributed by atoms with Crippen LogP contribution in [0.15, 0.2) is 35.3 Å². The molecule has 0 radical (unpaired) electrons. The second-order valence-corrected chi connectivity index (χ2v) is 5.21. The van der Waals surface area contributed by atoms with Gasteiger partial charge in [-0.05, 0) is 18.2 Å². The maximum atomic E-state index is 13.8. The fourth-order valence-electron chi connectivity index (χ4n) is 1.80. The summed E-state index contributed by atoms with van der Waals surface area (Å²) < 4.78 is 15.0. The van der Waals surface area contributed by atoms with E-state index in [9.17, 15) is 9.18 Å². The Bertz CT molecular complexity index is 742. The number of aromatic nitrogens is 2. The molecule has 1 aromatic heterocycles. The summed E-state index contributed by atoms with van der Waals surface area (Å²) in [6.07, 6.45) is 1.55. The number of nitrogens with zero attached hydrogens (tertiary/aromatic N) is 3. The molecule has 2 aromatic rings. The Morgan fingerprint density at radius 3 is 2.71 bits per heavy atom.